The zero-order valence-corrected chi connectivity index (χ0v) is 14.9. The minimum Gasteiger partial charge on any atom is -0.121 e. The molecule has 4 rings (SSSR count). The number of fused-ring (bicyclic) bond motifs is 1. The van der Waals surface area contributed by atoms with Crippen LogP contribution in [0.25, 0.3) is 28.3 Å². The summed E-state index contributed by atoms with van der Waals surface area (Å²) >= 11 is 5.44. The Morgan fingerprint density at radius 2 is 1.43 bits per heavy atom. The molecular formula is C21H15BrS. The molecule has 0 saturated carbocycles. The third-order valence-corrected chi connectivity index (χ3v) is 5.55. The summed E-state index contributed by atoms with van der Waals surface area (Å²) in [5, 5.41) is 0. The summed E-state index contributed by atoms with van der Waals surface area (Å²) in [6.45, 7) is 0. The molecule has 112 valence electrons. The van der Waals surface area contributed by atoms with Crippen LogP contribution in [0.5, 0.6) is 0 Å². The summed E-state index contributed by atoms with van der Waals surface area (Å²) in [5.74, 6) is 1.08. The van der Waals surface area contributed by atoms with Gasteiger partial charge in [-0.2, -0.15) is 0 Å². The first-order valence-electron chi connectivity index (χ1n) is 7.59. The second-order valence-electron chi connectivity index (χ2n) is 5.55. The highest BCUT2D eigenvalue weighted by molar-refractivity contribution is 9.10. The van der Waals surface area contributed by atoms with Crippen LogP contribution in [-0.4, -0.2) is 5.75 Å². The highest BCUT2D eigenvalue weighted by Gasteiger charge is 2.07. The number of hydrogen-bond donors (Lipinski definition) is 0. The van der Waals surface area contributed by atoms with Crippen molar-refractivity contribution in [2.24, 2.45) is 0 Å². The molecule has 0 unspecified atom stereocenters. The van der Waals surface area contributed by atoms with Gasteiger partial charge >= 0.3 is 0 Å². The van der Waals surface area contributed by atoms with Crippen LogP contribution in [-0.2, 0) is 0 Å². The summed E-state index contributed by atoms with van der Waals surface area (Å²) in [4.78, 5) is 1.38. The lowest BCUT2D eigenvalue weighted by Crippen LogP contribution is -1.88. The fraction of sp³-hybridized carbons (Fsp3) is 0.0476. The molecule has 0 nitrogen and oxygen atoms in total. The third kappa shape index (κ3) is 3.15. The van der Waals surface area contributed by atoms with Gasteiger partial charge in [0.2, 0.25) is 0 Å². The van der Waals surface area contributed by atoms with Crippen LogP contribution in [0.1, 0.15) is 5.56 Å². The predicted molar refractivity (Wildman–Crippen MR) is 105 cm³/mol. The lowest BCUT2D eigenvalue weighted by Gasteiger charge is -2.12. The van der Waals surface area contributed by atoms with E-state index in [0.717, 1.165) is 10.2 Å². The molecule has 0 aliphatic carbocycles. The van der Waals surface area contributed by atoms with Crippen molar-refractivity contribution in [2.75, 3.05) is 5.75 Å². The Morgan fingerprint density at radius 1 is 0.739 bits per heavy atom. The average molecular weight is 379 g/mol. The van der Waals surface area contributed by atoms with Gasteiger partial charge in [-0.15, -0.1) is 11.8 Å². The zero-order valence-electron chi connectivity index (χ0n) is 12.5. The summed E-state index contributed by atoms with van der Waals surface area (Å²) in [5.41, 5.74) is 6.33. The molecule has 0 spiro atoms. The zero-order chi connectivity index (χ0) is 15.6. The molecule has 0 N–H and O–H groups in total. The topological polar surface area (TPSA) is 0 Å². The number of hydrogen-bond acceptors (Lipinski definition) is 1. The minimum atomic E-state index is 1.08. The van der Waals surface area contributed by atoms with Crippen molar-refractivity contribution in [3.8, 4) is 22.3 Å². The molecule has 0 amide bonds. The maximum Gasteiger partial charge on any atom is 0.0181 e. The van der Waals surface area contributed by atoms with Crippen LogP contribution in [0.2, 0.25) is 0 Å². The average Bonchev–Trinajstić information content (AvgIpc) is 2.61. The largest absolute Gasteiger partial charge is 0.121 e. The molecule has 1 heterocycles. The first-order valence-corrected chi connectivity index (χ1v) is 9.37. The molecule has 0 bridgehead atoms. The number of thioether (sulfide) groups is 1. The quantitative estimate of drug-likeness (QED) is 0.467. The molecule has 3 aromatic rings. The smallest absolute Gasteiger partial charge is 0.0181 e. The Labute approximate surface area is 149 Å². The molecule has 0 radical (unpaired) electrons. The van der Waals surface area contributed by atoms with Gasteiger partial charge in [-0.1, -0.05) is 70.5 Å². The standard InChI is InChI=1S/C21H15BrS/c22-20-5-1-3-17(14-20)15-6-8-16(9-7-15)18-10-11-21-19(13-18)4-2-12-23-21/h1-11,13-14H,12H2. The molecule has 0 saturated heterocycles. The Kier molecular flexibility index (Phi) is 4.11. The molecule has 1 aliphatic rings. The van der Waals surface area contributed by atoms with Gasteiger partial charge in [0, 0.05) is 15.1 Å². The lowest BCUT2D eigenvalue weighted by atomic mass is 9.99. The maximum atomic E-state index is 3.54. The first kappa shape index (κ1) is 14.8. The van der Waals surface area contributed by atoms with Crippen LogP contribution in [0.4, 0.5) is 0 Å². The van der Waals surface area contributed by atoms with Gasteiger partial charge in [-0.05, 0) is 52.1 Å². The predicted octanol–water partition coefficient (Wildman–Crippen LogP) is 6.90. The Morgan fingerprint density at radius 3 is 2.17 bits per heavy atom. The third-order valence-electron chi connectivity index (χ3n) is 4.02. The number of halogens is 1. The molecule has 1 aliphatic heterocycles. The van der Waals surface area contributed by atoms with Gasteiger partial charge in [-0.25, -0.2) is 0 Å². The van der Waals surface area contributed by atoms with Gasteiger partial charge in [0.05, 0.1) is 0 Å². The summed E-state index contributed by atoms with van der Waals surface area (Å²) in [7, 11) is 0. The van der Waals surface area contributed by atoms with Crippen molar-refractivity contribution in [3.63, 3.8) is 0 Å². The first-order chi connectivity index (χ1) is 11.3. The minimum absolute atomic E-state index is 1.08. The van der Waals surface area contributed by atoms with Crippen molar-refractivity contribution in [2.45, 2.75) is 4.90 Å². The molecule has 0 aromatic heterocycles. The van der Waals surface area contributed by atoms with Gasteiger partial charge < -0.3 is 0 Å². The molecule has 0 fully saturated rings. The fourth-order valence-corrected chi connectivity index (χ4v) is 4.06. The van der Waals surface area contributed by atoms with Gasteiger partial charge in [0.1, 0.15) is 0 Å². The molecule has 0 atom stereocenters. The van der Waals surface area contributed by atoms with E-state index in [9.17, 15) is 0 Å². The molecular weight excluding hydrogens is 364 g/mol. The van der Waals surface area contributed by atoms with E-state index < -0.39 is 0 Å². The van der Waals surface area contributed by atoms with Crippen molar-refractivity contribution >= 4 is 33.8 Å². The molecule has 2 heteroatoms. The van der Waals surface area contributed by atoms with E-state index in [1.807, 2.05) is 11.8 Å². The van der Waals surface area contributed by atoms with Gasteiger partial charge in [0.25, 0.3) is 0 Å². The Hall–Kier alpha value is -1.77. The maximum absolute atomic E-state index is 3.54. The second-order valence-corrected chi connectivity index (χ2v) is 7.53. The lowest BCUT2D eigenvalue weighted by molar-refractivity contribution is 1.40. The molecule has 23 heavy (non-hydrogen) atoms. The van der Waals surface area contributed by atoms with E-state index in [4.69, 9.17) is 0 Å². The SMILES string of the molecule is Brc1cccc(-c2ccc(-c3ccc4c(c3)C=CCS4)cc2)c1. The number of benzene rings is 3. The second kappa shape index (κ2) is 6.38. The summed E-state index contributed by atoms with van der Waals surface area (Å²) in [6, 6.07) is 24.0. The normalized spacial score (nSPS) is 12.9. The van der Waals surface area contributed by atoms with Crippen molar-refractivity contribution in [1.29, 1.82) is 0 Å². The Bertz CT molecular complexity index is 879. The molecule has 3 aromatic carbocycles. The van der Waals surface area contributed by atoms with E-state index in [0.29, 0.717) is 0 Å². The van der Waals surface area contributed by atoms with E-state index in [1.165, 1.54) is 32.7 Å². The monoisotopic (exact) mass is 378 g/mol. The van der Waals surface area contributed by atoms with Crippen LogP contribution >= 0.6 is 27.7 Å². The highest BCUT2D eigenvalue weighted by Crippen LogP contribution is 2.33. The van der Waals surface area contributed by atoms with Crippen LogP contribution < -0.4 is 0 Å². The summed E-state index contributed by atoms with van der Waals surface area (Å²) < 4.78 is 1.11. The highest BCUT2D eigenvalue weighted by atomic mass is 79.9. The van der Waals surface area contributed by atoms with Crippen LogP contribution in [0, 0.1) is 0 Å². The van der Waals surface area contributed by atoms with Crippen molar-refractivity contribution in [3.05, 3.63) is 82.8 Å². The van der Waals surface area contributed by atoms with E-state index in [2.05, 4.69) is 94.8 Å². The van der Waals surface area contributed by atoms with Crippen LogP contribution in [0.3, 0.4) is 0 Å². The summed E-state index contributed by atoms with van der Waals surface area (Å²) in [6.07, 6.45) is 4.46. The fourth-order valence-electron chi connectivity index (χ4n) is 2.83. The van der Waals surface area contributed by atoms with E-state index >= 15 is 0 Å². The van der Waals surface area contributed by atoms with Crippen molar-refractivity contribution in [1.82, 2.24) is 0 Å². The number of rotatable bonds is 2. The van der Waals surface area contributed by atoms with E-state index in [-0.39, 0.29) is 0 Å². The van der Waals surface area contributed by atoms with Crippen LogP contribution in [0.15, 0.2) is 82.2 Å². The van der Waals surface area contributed by atoms with E-state index in [1.54, 1.807) is 0 Å². The van der Waals surface area contributed by atoms with Crippen molar-refractivity contribution < 1.29 is 0 Å². The Balaban J connectivity index is 1.67. The van der Waals surface area contributed by atoms with Gasteiger partial charge in [-0.3, -0.25) is 0 Å². The van der Waals surface area contributed by atoms with Gasteiger partial charge in [0.15, 0.2) is 0 Å².